The van der Waals surface area contributed by atoms with Crippen LogP contribution in [-0.4, -0.2) is 19.1 Å². The molecule has 0 spiro atoms. The zero-order chi connectivity index (χ0) is 13.8. The summed E-state index contributed by atoms with van der Waals surface area (Å²) < 4.78 is 30.6. The Morgan fingerprint density at radius 3 is 2.84 bits per heavy atom. The average molecular weight is 269 g/mol. The Hall–Kier alpha value is -1.49. The van der Waals surface area contributed by atoms with Crippen molar-refractivity contribution in [2.45, 2.75) is 31.8 Å². The molecular weight excluding hydrogens is 252 g/mol. The normalized spacial score (nSPS) is 22.5. The minimum absolute atomic E-state index is 0.0422. The van der Waals surface area contributed by atoms with Crippen LogP contribution in [0.25, 0.3) is 0 Å². The van der Waals surface area contributed by atoms with Gasteiger partial charge in [-0.25, -0.2) is 8.78 Å². The van der Waals surface area contributed by atoms with Crippen LogP contribution in [0.2, 0.25) is 0 Å². The fraction of sp³-hybridized carbons (Fsp3) is 0.500. The summed E-state index contributed by atoms with van der Waals surface area (Å²) in [7, 11) is 1.38. The van der Waals surface area contributed by atoms with E-state index in [0.717, 1.165) is 25.3 Å². The van der Waals surface area contributed by atoms with Crippen molar-refractivity contribution in [3.05, 3.63) is 35.4 Å². The predicted molar refractivity (Wildman–Crippen MR) is 66.3 cm³/mol. The number of carbonyl (C=O) groups excluding carboxylic acids is 1. The van der Waals surface area contributed by atoms with Crippen LogP contribution in [0.5, 0.6) is 0 Å². The molecule has 0 radical (unpaired) electrons. The number of esters is 1. The summed E-state index contributed by atoms with van der Waals surface area (Å²) in [4.78, 5) is 11.6. The van der Waals surface area contributed by atoms with E-state index in [4.69, 9.17) is 4.74 Å². The molecule has 2 atom stereocenters. The molecule has 0 bridgehead atoms. The van der Waals surface area contributed by atoms with Crippen molar-refractivity contribution < 1.29 is 18.3 Å². The fourth-order valence-corrected chi connectivity index (χ4v) is 2.54. The Bertz CT molecular complexity index is 465. The highest BCUT2D eigenvalue weighted by Crippen LogP contribution is 2.27. The number of benzene rings is 1. The van der Waals surface area contributed by atoms with Crippen LogP contribution < -0.4 is 5.32 Å². The Labute approximate surface area is 111 Å². The molecule has 1 aromatic carbocycles. The molecule has 3 nitrogen and oxygen atoms in total. The molecule has 1 aromatic rings. The van der Waals surface area contributed by atoms with E-state index in [2.05, 4.69) is 5.32 Å². The molecule has 0 unspecified atom stereocenters. The van der Waals surface area contributed by atoms with Crippen LogP contribution in [0.1, 0.15) is 24.8 Å². The minimum atomic E-state index is -0.852. The van der Waals surface area contributed by atoms with E-state index in [1.54, 1.807) is 0 Å². The van der Waals surface area contributed by atoms with Gasteiger partial charge in [0, 0.05) is 12.6 Å². The largest absolute Gasteiger partial charge is 0.469 e. The summed E-state index contributed by atoms with van der Waals surface area (Å²) in [6.45, 7) is 0.412. The van der Waals surface area contributed by atoms with Gasteiger partial charge in [0.15, 0.2) is 11.6 Å². The summed E-state index contributed by atoms with van der Waals surface area (Å²) in [5, 5.41) is 3.22. The highest BCUT2D eigenvalue weighted by Gasteiger charge is 2.33. The lowest BCUT2D eigenvalue weighted by Crippen LogP contribution is -2.36. The van der Waals surface area contributed by atoms with Crippen LogP contribution in [0.3, 0.4) is 0 Å². The molecule has 2 rings (SSSR count). The van der Waals surface area contributed by atoms with Gasteiger partial charge in [0.05, 0.1) is 13.0 Å². The Morgan fingerprint density at radius 1 is 1.37 bits per heavy atom. The van der Waals surface area contributed by atoms with Gasteiger partial charge in [-0.2, -0.15) is 0 Å². The summed E-state index contributed by atoms with van der Waals surface area (Å²) in [6, 6.07) is 3.86. The first-order valence-electron chi connectivity index (χ1n) is 6.37. The van der Waals surface area contributed by atoms with Gasteiger partial charge in [0.2, 0.25) is 0 Å². The van der Waals surface area contributed by atoms with Crippen LogP contribution in [0, 0.1) is 17.6 Å². The van der Waals surface area contributed by atoms with E-state index in [0.29, 0.717) is 12.1 Å². The van der Waals surface area contributed by atoms with Crippen LogP contribution in [-0.2, 0) is 16.1 Å². The molecule has 1 aliphatic carbocycles. The standard InChI is InChI=1S/C14H17F2NO2/c1-19-14(18)10-3-2-4-13(10)17-8-9-5-6-11(15)12(16)7-9/h5-7,10,13,17H,2-4,8H2,1H3/t10-,13+/m1/s1. The lowest BCUT2D eigenvalue weighted by Gasteiger charge is -2.19. The number of hydrogen-bond donors (Lipinski definition) is 1. The van der Waals surface area contributed by atoms with E-state index in [-0.39, 0.29) is 17.9 Å². The van der Waals surface area contributed by atoms with Gasteiger partial charge in [-0.1, -0.05) is 12.5 Å². The predicted octanol–water partition coefficient (Wildman–Crippen LogP) is 2.40. The monoisotopic (exact) mass is 269 g/mol. The van der Waals surface area contributed by atoms with Gasteiger partial charge >= 0.3 is 5.97 Å². The molecule has 19 heavy (non-hydrogen) atoms. The molecule has 1 saturated carbocycles. The fourth-order valence-electron chi connectivity index (χ4n) is 2.54. The molecule has 1 fully saturated rings. The SMILES string of the molecule is COC(=O)[C@@H]1CCC[C@@H]1NCc1ccc(F)c(F)c1. The minimum Gasteiger partial charge on any atom is -0.469 e. The van der Waals surface area contributed by atoms with Crippen LogP contribution >= 0.6 is 0 Å². The highest BCUT2D eigenvalue weighted by atomic mass is 19.2. The number of carbonyl (C=O) groups is 1. The average Bonchev–Trinajstić information content (AvgIpc) is 2.87. The summed E-state index contributed by atoms with van der Waals surface area (Å²) in [5.74, 6) is -2.05. The van der Waals surface area contributed by atoms with Gasteiger partial charge < -0.3 is 10.1 Å². The first-order chi connectivity index (χ1) is 9.11. The lowest BCUT2D eigenvalue weighted by molar-refractivity contribution is -0.145. The molecule has 0 aromatic heterocycles. The van der Waals surface area contributed by atoms with Crippen molar-refractivity contribution in [3.63, 3.8) is 0 Å². The molecular formula is C14H17F2NO2. The van der Waals surface area contributed by atoms with Crippen molar-refractivity contribution in [3.8, 4) is 0 Å². The van der Waals surface area contributed by atoms with E-state index in [9.17, 15) is 13.6 Å². The van der Waals surface area contributed by atoms with Crippen molar-refractivity contribution in [1.82, 2.24) is 5.32 Å². The first kappa shape index (κ1) is 13.9. The Kier molecular flexibility index (Phi) is 4.47. The van der Waals surface area contributed by atoms with E-state index in [1.807, 2.05) is 0 Å². The molecule has 0 saturated heterocycles. The highest BCUT2D eigenvalue weighted by molar-refractivity contribution is 5.73. The maximum Gasteiger partial charge on any atom is 0.310 e. The van der Waals surface area contributed by atoms with Crippen molar-refractivity contribution >= 4 is 5.97 Å². The molecule has 0 aliphatic heterocycles. The van der Waals surface area contributed by atoms with Gasteiger partial charge in [0.25, 0.3) is 0 Å². The zero-order valence-electron chi connectivity index (χ0n) is 10.8. The van der Waals surface area contributed by atoms with E-state index in [1.165, 1.54) is 19.2 Å². The third-order valence-electron chi connectivity index (χ3n) is 3.57. The summed E-state index contributed by atoms with van der Waals surface area (Å²) >= 11 is 0. The molecule has 0 amide bonds. The Balaban J connectivity index is 1.94. The number of rotatable bonds is 4. The number of halogens is 2. The van der Waals surface area contributed by atoms with E-state index >= 15 is 0 Å². The van der Waals surface area contributed by atoms with Crippen LogP contribution in [0.4, 0.5) is 8.78 Å². The number of nitrogens with one attached hydrogen (secondary N) is 1. The second-order valence-corrected chi connectivity index (χ2v) is 4.80. The van der Waals surface area contributed by atoms with Gasteiger partial charge in [-0.3, -0.25) is 4.79 Å². The smallest absolute Gasteiger partial charge is 0.310 e. The Morgan fingerprint density at radius 2 is 2.16 bits per heavy atom. The topological polar surface area (TPSA) is 38.3 Å². The molecule has 5 heteroatoms. The van der Waals surface area contributed by atoms with Gasteiger partial charge in [0.1, 0.15) is 0 Å². The summed E-state index contributed by atoms with van der Waals surface area (Å²) in [6.07, 6.45) is 2.67. The number of hydrogen-bond acceptors (Lipinski definition) is 3. The van der Waals surface area contributed by atoms with Crippen molar-refractivity contribution in [2.75, 3.05) is 7.11 Å². The number of methoxy groups -OCH3 is 1. The zero-order valence-corrected chi connectivity index (χ0v) is 10.8. The second kappa shape index (κ2) is 6.10. The summed E-state index contributed by atoms with van der Waals surface area (Å²) in [5.41, 5.74) is 0.661. The lowest BCUT2D eigenvalue weighted by atomic mass is 10.0. The van der Waals surface area contributed by atoms with Crippen molar-refractivity contribution in [1.29, 1.82) is 0 Å². The quantitative estimate of drug-likeness (QED) is 0.853. The van der Waals surface area contributed by atoms with Crippen LogP contribution in [0.15, 0.2) is 18.2 Å². The van der Waals surface area contributed by atoms with Gasteiger partial charge in [-0.15, -0.1) is 0 Å². The second-order valence-electron chi connectivity index (χ2n) is 4.80. The van der Waals surface area contributed by atoms with Crippen molar-refractivity contribution in [2.24, 2.45) is 5.92 Å². The van der Waals surface area contributed by atoms with Gasteiger partial charge in [-0.05, 0) is 30.5 Å². The molecule has 1 N–H and O–H groups in total. The third kappa shape index (κ3) is 3.29. The number of ether oxygens (including phenoxy) is 1. The maximum absolute atomic E-state index is 13.1. The molecule has 1 aliphatic rings. The third-order valence-corrected chi connectivity index (χ3v) is 3.57. The molecule has 104 valence electrons. The van der Waals surface area contributed by atoms with E-state index < -0.39 is 11.6 Å². The maximum atomic E-state index is 13.1. The first-order valence-corrected chi connectivity index (χ1v) is 6.37. The molecule has 0 heterocycles.